The van der Waals surface area contributed by atoms with Gasteiger partial charge in [0, 0.05) is 6.54 Å². The van der Waals surface area contributed by atoms with Crippen molar-refractivity contribution in [2.45, 2.75) is 6.54 Å². The van der Waals surface area contributed by atoms with Crippen LogP contribution in [0.25, 0.3) is 0 Å². The predicted octanol–water partition coefficient (Wildman–Crippen LogP) is 1.36. The number of nitrogens with zero attached hydrogens (tertiary/aromatic N) is 1. The summed E-state index contributed by atoms with van der Waals surface area (Å²) >= 11 is 4.84. The minimum absolute atomic E-state index is 0.538. The molecular formula is C4H5BrN2S. The molecule has 0 aliphatic rings. The first-order valence-electron chi connectivity index (χ1n) is 2.13. The highest BCUT2D eigenvalue weighted by Crippen LogP contribution is 2.17. The second kappa shape index (κ2) is 2.57. The lowest BCUT2D eigenvalue weighted by Gasteiger charge is -1.78. The van der Waals surface area contributed by atoms with E-state index < -0.39 is 0 Å². The SMILES string of the molecule is NCc1ncc(Br)s1. The lowest BCUT2D eigenvalue weighted by atomic mass is 10.7. The second-order valence-electron chi connectivity index (χ2n) is 1.26. The van der Waals surface area contributed by atoms with E-state index in [-0.39, 0.29) is 0 Å². The minimum atomic E-state index is 0.538. The van der Waals surface area contributed by atoms with Gasteiger partial charge in [-0.15, -0.1) is 11.3 Å². The van der Waals surface area contributed by atoms with Gasteiger partial charge in [0.15, 0.2) is 0 Å². The summed E-state index contributed by atoms with van der Waals surface area (Å²) in [6.45, 7) is 0.538. The van der Waals surface area contributed by atoms with Crippen molar-refractivity contribution in [3.63, 3.8) is 0 Å². The maximum absolute atomic E-state index is 5.29. The van der Waals surface area contributed by atoms with E-state index in [2.05, 4.69) is 20.9 Å². The molecule has 0 atom stereocenters. The molecule has 0 saturated carbocycles. The molecule has 0 aromatic carbocycles. The van der Waals surface area contributed by atoms with Crippen molar-refractivity contribution in [1.29, 1.82) is 0 Å². The summed E-state index contributed by atoms with van der Waals surface area (Å²) in [6, 6.07) is 0. The van der Waals surface area contributed by atoms with Crippen LogP contribution in [0.1, 0.15) is 5.01 Å². The summed E-state index contributed by atoms with van der Waals surface area (Å²) in [5.41, 5.74) is 5.29. The van der Waals surface area contributed by atoms with Gasteiger partial charge in [-0.3, -0.25) is 0 Å². The average molecular weight is 193 g/mol. The number of hydrogen-bond acceptors (Lipinski definition) is 3. The topological polar surface area (TPSA) is 38.9 Å². The Labute approximate surface area is 59.9 Å². The van der Waals surface area contributed by atoms with E-state index in [1.165, 1.54) is 0 Å². The summed E-state index contributed by atoms with van der Waals surface area (Å²) in [7, 11) is 0. The fraction of sp³-hybridized carbons (Fsp3) is 0.250. The summed E-state index contributed by atoms with van der Waals surface area (Å²) < 4.78 is 1.04. The van der Waals surface area contributed by atoms with E-state index >= 15 is 0 Å². The second-order valence-corrected chi connectivity index (χ2v) is 3.76. The van der Waals surface area contributed by atoms with E-state index in [4.69, 9.17) is 5.73 Å². The highest BCUT2D eigenvalue weighted by Gasteiger charge is 1.93. The molecule has 0 radical (unpaired) electrons. The molecule has 1 rings (SSSR count). The van der Waals surface area contributed by atoms with Gasteiger partial charge in [0.05, 0.1) is 9.98 Å². The van der Waals surface area contributed by atoms with Gasteiger partial charge >= 0.3 is 0 Å². The molecule has 2 N–H and O–H groups in total. The lowest BCUT2D eigenvalue weighted by Crippen LogP contribution is -1.93. The number of nitrogens with two attached hydrogens (primary N) is 1. The third-order valence-corrected chi connectivity index (χ3v) is 2.20. The Morgan fingerprint density at radius 3 is 2.88 bits per heavy atom. The quantitative estimate of drug-likeness (QED) is 0.731. The Morgan fingerprint density at radius 1 is 1.88 bits per heavy atom. The van der Waals surface area contributed by atoms with E-state index in [9.17, 15) is 0 Å². The Bertz CT molecular complexity index is 174. The molecule has 4 heteroatoms. The first-order chi connectivity index (χ1) is 3.83. The van der Waals surface area contributed by atoms with Crippen LogP contribution in [0.4, 0.5) is 0 Å². The maximum atomic E-state index is 5.29. The van der Waals surface area contributed by atoms with Crippen LogP contribution in [0.5, 0.6) is 0 Å². The van der Waals surface area contributed by atoms with Crippen molar-refractivity contribution in [2.24, 2.45) is 5.73 Å². The zero-order valence-electron chi connectivity index (χ0n) is 4.10. The van der Waals surface area contributed by atoms with Gasteiger partial charge in [0.25, 0.3) is 0 Å². The Morgan fingerprint density at radius 2 is 2.62 bits per heavy atom. The monoisotopic (exact) mass is 192 g/mol. The van der Waals surface area contributed by atoms with E-state index in [0.29, 0.717) is 6.54 Å². The molecular weight excluding hydrogens is 188 g/mol. The van der Waals surface area contributed by atoms with Gasteiger partial charge < -0.3 is 5.73 Å². The summed E-state index contributed by atoms with van der Waals surface area (Å²) in [5, 5.41) is 0.969. The zero-order valence-corrected chi connectivity index (χ0v) is 6.50. The van der Waals surface area contributed by atoms with Gasteiger partial charge in [-0.2, -0.15) is 0 Å². The van der Waals surface area contributed by atoms with Gasteiger partial charge in [0.1, 0.15) is 5.01 Å². The van der Waals surface area contributed by atoms with Gasteiger partial charge in [-0.05, 0) is 15.9 Å². The van der Waals surface area contributed by atoms with Crippen molar-refractivity contribution < 1.29 is 0 Å². The zero-order chi connectivity index (χ0) is 5.98. The van der Waals surface area contributed by atoms with Crippen LogP contribution in [0.3, 0.4) is 0 Å². The van der Waals surface area contributed by atoms with Gasteiger partial charge in [-0.25, -0.2) is 4.98 Å². The minimum Gasteiger partial charge on any atom is -0.325 e. The van der Waals surface area contributed by atoms with Crippen LogP contribution >= 0.6 is 27.3 Å². The molecule has 0 aliphatic heterocycles. The average Bonchev–Trinajstić information content (AvgIpc) is 2.14. The summed E-state index contributed by atoms with van der Waals surface area (Å²) in [4.78, 5) is 3.98. The molecule has 1 aromatic heterocycles. The smallest absolute Gasteiger partial charge is 0.107 e. The Kier molecular flexibility index (Phi) is 1.99. The molecule has 0 unspecified atom stereocenters. The van der Waals surface area contributed by atoms with E-state index in [1.54, 1.807) is 17.5 Å². The lowest BCUT2D eigenvalue weighted by molar-refractivity contribution is 1.04. The fourth-order valence-corrected chi connectivity index (χ4v) is 1.56. The molecule has 44 valence electrons. The highest BCUT2D eigenvalue weighted by atomic mass is 79.9. The Hall–Kier alpha value is 0.0700. The summed E-state index contributed by atoms with van der Waals surface area (Å²) in [5.74, 6) is 0. The summed E-state index contributed by atoms with van der Waals surface area (Å²) in [6.07, 6.45) is 1.76. The Balaban J connectivity index is 2.84. The van der Waals surface area contributed by atoms with Crippen LogP contribution in [-0.2, 0) is 6.54 Å². The third-order valence-electron chi connectivity index (χ3n) is 0.700. The van der Waals surface area contributed by atoms with Crippen LogP contribution in [-0.4, -0.2) is 4.98 Å². The van der Waals surface area contributed by atoms with E-state index in [1.807, 2.05) is 0 Å². The normalized spacial score (nSPS) is 9.75. The molecule has 1 heterocycles. The van der Waals surface area contributed by atoms with Crippen LogP contribution in [0, 0.1) is 0 Å². The number of thiazole rings is 1. The van der Waals surface area contributed by atoms with Crippen molar-refractivity contribution in [3.05, 3.63) is 15.0 Å². The fourth-order valence-electron chi connectivity index (χ4n) is 0.382. The number of halogens is 1. The van der Waals surface area contributed by atoms with Gasteiger partial charge in [0.2, 0.25) is 0 Å². The predicted molar refractivity (Wildman–Crippen MR) is 37.7 cm³/mol. The van der Waals surface area contributed by atoms with Crippen LogP contribution in [0.2, 0.25) is 0 Å². The largest absolute Gasteiger partial charge is 0.325 e. The maximum Gasteiger partial charge on any atom is 0.107 e. The first-order valence-corrected chi connectivity index (χ1v) is 3.74. The number of aromatic nitrogens is 1. The van der Waals surface area contributed by atoms with Crippen molar-refractivity contribution in [3.8, 4) is 0 Å². The van der Waals surface area contributed by atoms with Gasteiger partial charge in [-0.1, -0.05) is 0 Å². The van der Waals surface area contributed by atoms with Crippen molar-refractivity contribution >= 4 is 27.3 Å². The standard InChI is InChI=1S/C4H5BrN2S/c5-3-2-7-4(1-6)8-3/h2H,1,6H2. The van der Waals surface area contributed by atoms with Crippen LogP contribution < -0.4 is 5.73 Å². The molecule has 0 amide bonds. The first kappa shape index (κ1) is 6.19. The molecule has 1 aromatic rings. The van der Waals surface area contributed by atoms with Crippen LogP contribution in [0.15, 0.2) is 9.98 Å². The van der Waals surface area contributed by atoms with Crippen molar-refractivity contribution in [1.82, 2.24) is 4.98 Å². The molecule has 0 saturated heterocycles. The third kappa shape index (κ3) is 1.27. The van der Waals surface area contributed by atoms with Crippen molar-refractivity contribution in [2.75, 3.05) is 0 Å². The number of rotatable bonds is 1. The molecule has 8 heavy (non-hydrogen) atoms. The molecule has 0 fully saturated rings. The van der Waals surface area contributed by atoms with E-state index in [0.717, 1.165) is 8.79 Å². The number of hydrogen-bond donors (Lipinski definition) is 1. The highest BCUT2D eigenvalue weighted by molar-refractivity contribution is 9.11. The molecule has 2 nitrogen and oxygen atoms in total. The molecule has 0 spiro atoms. The molecule has 0 aliphatic carbocycles. The molecule has 0 bridgehead atoms.